The van der Waals surface area contributed by atoms with E-state index in [4.69, 9.17) is 5.11 Å². The van der Waals surface area contributed by atoms with Crippen molar-refractivity contribution < 1.29 is 9.90 Å². The van der Waals surface area contributed by atoms with E-state index in [1.165, 1.54) is 18.1 Å². The Morgan fingerprint density at radius 3 is 3.15 bits per heavy atom. The molecule has 2 N–H and O–H groups in total. The number of thioether (sulfide) groups is 1. The number of carboxylic acid groups (broad SMARTS) is 1. The van der Waals surface area contributed by atoms with Crippen molar-refractivity contribution in [3.05, 3.63) is 6.33 Å². The number of carboxylic acids is 1. The van der Waals surface area contributed by atoms with E-state index in [0.29, 0.717) is 6.42 Å². The number of hydrogen-bond acceptors (Lipinski definition) is 4. The molecule has 0 bridgehead atoms. The molecule has 0 spiro atoms. The molecule has 1 aromatic heterocycles. The van der Waals surface area contributed by atoms with Gasteiger partial charge in [-0.05, 0) is 6.42 Å². The summed E-state index contributed by atoms with van der Waals surface area (Å²) in [7, 11) is 0. The van der Waals surface area contributed by atoms with E-state index >= 15 is 0 Å². The monoisotopic (exact) mass is 201 g/mol. The largest absolute Gasteiger partial charge is 0.481 e. The highest BCUT2D eigenvalue weighted by atomic mass is 32.2. The van der Waals surface area contributed by atoms with Gasteiger partial charge in [-0.25, -0.2) is 4.98 Å². The van der Waals surface area contributed by atoms with Gasteiger partial charge >= 0.3 is 5.97 Å². The number of aliphatic carboxylic acids is 1. The molecule has 13 heavy (non-hydrogen) atoms. The second-order valence-corrected chi connectivity index (χ2v) is 4.08. The molecular formula is C7H11N3O2S. The minimum absolute atomic E-state index is 0.197. The van der Waals surface area contributed by atoms with E-state index in [0.717, 1.165) is 5.16 Å². The van der Waals surface area contributed by atoms with Crippen LogP contribution in [0.25, 0.3) is 0 Å². The Kier molecular flexibility index (Phi) is 3.75. The molecule has 1 rings (SSSR count). The maximum absolute atomic E-state index is 10.3. The van der Waals surface area contributed by atoms with E-state index in [1.807, 2.05) is 6.92 Å². The summed E-state index contributed by atoms with van der Waals surface area (Å²) in [4.78, 5) is 14.2. The third-order valence-electron chi connectivity index (χ3n) is 1.47. The fourth-order valence-corrected chi connectivity index (χ4v) is 1.66. The first-order valence-corrected chi connectivity index (χ1v) is 4.80. The fraction of sp³-hybridized carbons (Fsp3) is 0.571. The van der Waals surface area contributed by atoms with Gasteiger partial charge in [0.15, 0.2) is 5.16 Å². The number of nitrogens with one attached hydrogen (secondary N) is 1. The summed E-state index contributed by atoms with van der Waals surface area (Å²) >= 11 is 1.50. The second kappa shape index (κ2) is 4.86. The molecule has 72 valence electrons. The van der Waals surface area contributed by atoms with E-state index in [9.17, 15) is 4.79 Å². The Hall–Kier alpha value is -1.04. The Morgan fingerprint density at radius 1 is 1.85 bits per heavy atom. The van der Waals surface area contributed by atoms with Crippen LogP contribution in [0.2, 0.25) is 0 Å². The van der Waals surface area contributed by atoms with Crippen LogP contribution in [0.15, 0.2) is 11.5 Å². The van der Waals surface area contributed by atoms with Gasteiger partial charge in [-0.1, -0.05) is 18.7 Å². The lowest BCUT2D eigenvalue weighted by Gasteiger charge is -2.05. The molecule has 0 saturated carbocycles. The van der Waals surface area contributed by atoms with Gasteiger partial charge in [0.05, 0.1) is 0 Å². The third kappa shape index (κ3) is 3.93. The van der Waals surface area contributed by atoms with Crippen LogP contribution in [-0.2, 0) is 4.79 Å². The lowest BCUT2D eigenvalue weighted by atomic mass is 10.2. The second-order valence-electron chi connectivity index (χ2n) is 2.65. The zero-order valence-electron chi connectivity index (χ0n) is 7.23. The molecule has 1 atom stereocenters. The molecule has 1 unspecified atom stereocenters. The van der Waals surface area contributed by atoms with Crippen LogP contribution in [0, 0.1) is 0 Å². The van der Waals surface area contributed by atoms with Gasteiger partial charge < -0.3 is 5.11 Å². The highest BCUT2D eigenvalue weighted by molar-refractivity contribution is 7.99. The summed E-state index contributed by atoms with van der Waals surface area (Å²) < 4.78 is 0. The first kappa shape index (κ1) is 10.0. The molecule has 0 aliphatic heterocycles. The van der Waals surface area contributed by atoms with Gasteiger partial charge in [-0.2, -0.15) is 5.10 Å². The normalized spacial score (nSPS) is 12.7. The zero-order chi connectivity index (χ0) is 9.68. The summed E-state index contributed by atoms with van der Waals surface area (Å²) in [5.41, 5.74) is 0. The van der Waals surface area contributed by atoms with Crippen LogP contribution >= 0.6 is 11.8 Å². The molecule has 0 saturated heterocycles. The number of H-pyrrole nitrogens is 1. The lowest BCUT2D eigenvalue weighted by Crippen LogP contribution is -2.02. The number of aromatic nitrogens is 3. The van der Waals surface area contributed by atoms with Crippen LogP contribution in [0.5, 0.6) is 0 Å². The molecule has 0 aromatic carbocycles. The van der Waals surface area contributed by atoms with Gasteiger partial charge in [0.2, 0.25) is 0 Å². The highest BCUT2D eigenvalue weighted by Gasteiger charge is 2.08. The van der Waals surface area contributed by atoms with Crippen molar-refractivity contribution in [3.63, 3.8) is 0 Å². The number of carbonyl (C=O) groups is 1. The van der Waals surface area contributed by atoms with Crippen LogP contribution in [0.3, 0.4) is 0 Å². The van der Waals surface area contributed by atoms with Gasteiger partial charge in [-0.3, -0.25) is 9.89 Å². The molecule has 1 heterocycles. The van der Waals surface area contributed by atoms with Crippen LogP contribution in [-0.4, -0.2) is 31.5 Å². The van der Waals surface area contributed by atoms with E-state index in [-0.39, 0.29) is 11.7 Å². The van der Waals surface area contributed by atoms with Gasteiger partial charge in [0.1, 0.15) is 6.33 Å². The Bertz CT molecular complexity index is 263. The molecule has 0 aliphatic rings. The number of aromatic amines is 1. The van der Waals surface area contributed by atoms with Gasteiger partial charge in [0, 0.05) is 11.7 Å². The van der Waals surface area contributed by atoms with Crippen molar-refractivity contribution in [3.8, 4) is 0 Å². The van der Waals surface area contributed by atoms with Crippen molar-refractivity contribution in [2.75, 3.05) is 0 Å². The lowest BCUT2D eigenvalue weighted by molar-refractivity contribution is -0.137. The molecule has 0 amide bonds. The van der Waals surface area contributed by atoms with Crippen molar-refractivity contribution in [1.29, 1.82) is 0 Å². The first-order chi connectivity index (χ1) is 6.18. The van der Waals surface area contributed by atoms with Gasteiger partial charge in [0.25, 0.3) is 0 Å². The van der Waals surface area contributed by atoms with Gasteiger partial charge in [-0.15, -0.1) is 0 Å². The number of hydrogen-bond donors (Lipinski definition) is 2. The smallest absolute Gasteiger partial charge is 0.303 e. The molecular weight excluding hydrogens is 190 g/mol. The maximum Gasteiger partial charge on any atom is 0.303 e. The van der Waals surface area contributed by atoms with Crippen molar-refractivity contribution in [2.24, 2.45) is 0 Å². The molecule has 5 nitrogen and oxygen atoms in total. The van der Waals surface area contributed by atoms with Crippen molar-refractivity contribution >= 4 is 17.7 Å². The van der Waals surface area contributed by atoms with Crippen molar-refractivity contribution in [2.45, 2.75) is 30.2 Å². The zero-order valence-corrected chi connectivity index (χ0v) is 8.04. The predicted octanol–water partition coefficient (Wildman–Crippen LogP) is 1.15. The van der Waals surface area contributed by atoms with E-state index in [1.54, 1.807) is 0 Å². The minimum Gasteiger partial charge on any atom is -0.481 e. The fourth-order valence-electron chi connectivity index (χ4n) is 0.827. The molecule has 0 fully saturated rings. The van der Waals surface area contributed by atoms with E-state index in [2.05, 4.69) is 15.2 Å². The average Bonchev–Trinajstić information content (AvgIpc) is 2.53. The van der Waals surface area contributed by atoms with Crippen molar-refractivity contribution in [1.82, 2.24) is 15.2 Å². The Morgan fingerprint density at radius 2 is 2.62 bits per heavy atom. The molecule has 1 aromatic rings. The summed E-state index contributed by atoms with van der Waals surface area (Å²) in [6, 6.07) is 0. The molecule has 0 radical (unpaired) electrons. The third-order valence-corrected chi connectivity index (χ3v) is 2.53. The standard InChI is InChI=1S/C7H11N3O2S/c1-5(2-3-6(11)12)13-7-8-4-9-10-7/h4-5H,2-3H2,1H3,(H,11,12)(H,8,9,10). The van der Waals surface area contributed by atoms with Crippen LogP contribution in [0.4, 0.5) is 0 Å². The summed E-state index contributed by atoms with van der Waals surface area (Å²) in [6.45, 7) is 1.97. The quantitative estimate of drug-likeness (QED) is 0.698. The summed E-state index contributed by atoms with van der Waals surface area (Å²) in [5, 5.41) is 15.8. The Labute approximate surface area is 80.0 Å². The number of rotatable bonds is 5. The summed E-state index contributed by atoms with van der Waals surface area (Å²) in [5.74, 6) is -0.759. The SMILES string of the molecule is CC(CCC(=O)O)Sc1ncn[nH]1. The first-order valence-electron chi connectivity index (χ1n) is 3.92. The summed E-state index contributed by atoms with van der Waals surface area (Å²) in [6.07, 6.45) is 2.27. The van der Waals surface area contributed by atoms with Crippen LogP contribution in [0.1, 0.15) is 19.8 Å². The predicted molar refractivity (Wildman–Crippen MR) is 48.6 cm³/mol. The highest BCUT2D eigenvalue weighted by Crippen LogP contribution is 2.21. The maximum atomic E-state index is 10.3. The Balaban J connectivity index is 2.25. The van der Waals surface area contributed by atoms with Crippen LogP contribution < -0.4 is 0 Å². The number of nitrogens with zero attached hydrogens (tertiary/aromatic N) is 2. The van der Waals surface area contributed by atoms with E-state index < -0.39 is 5.97 Å². The molecule has 6 heteroatoms. The minimum atomic E-state index is -0.759. The topological polar surface area (TPSA) is 78.9 Å². The average molecular weight is 201 g/mol. The molecule has 0 aliphatic carbocycles.